The average molecular weight is 346 g/mol. The second kappa shape index (κ2) is 5.90. The van der Waals surface area contributed by atoms with Gasteiger partial charge in [0.25, 0.3) is 0 Å². The summed E-state index contributed by atoms with van der Waals surface area (Å²) >= 11 is 8.87. The van der Waals surface area contributed by atoms with Crippen LogP contribution in [0.1, 0.15) is 11.6 Å². The van der Waals surface area contributed by atoms with E-state index in [0.717, 1.165) is 0 Å². The molecule has 0 saturated heterocycles. The number of nitrogens with one attached hydrogen (secondary N) is 1. The minimum absolute atomic E-state index is 0.308. The van der Waals surface area contributed by atoms with Gasteiger partial charge < -0.3 is 5.73 Å². The van der Waals surface area contributed by atoms with Gasteiger partial charge in [-0.05, 0) is 33.6 Å². The van der Waals surface area contributed by atoms with Crippen molar-refractivity contribution in [3.8, 4) is 0 Å². The maximum absolute atomic E-state index is 12.1. The Balaban J connectivity index is 2.91. The molecule has 0 saturated carbocycles. The molecule has 3 N–H and O–H groups in total. The van der Waals surface area contributed by atoms with Crippen molar-refractivity contribution in [2.45, 2.75) is 12.2 Å². The van der Waals surface area contributed by atoms with Gasteiger partial charge in [-0.15, -0.1) is 0 Å². The minimum Gasteiger partial charge on any atom is -0.368 e. The number of halogens is 5. The van der Waals surface area contributed by atoms with Crippen LogP contribution in [-0.4, -0.2) is 18.6 Å². The zero-order valence-electron chi connectivity index (χ0n) is 8.89. The summed E-state index contributed by atoms with van der Waals surface area (Å²) in [5, 5.41) is 2.45. The Kier molecular flexibility index (Phi) is 5.01. The third-order valence-electron chi connectivity index (χ3n) is 2.07. The van der Waals surface area contributed by atoms with Crippen LogP contribution in [0.25, 0.3) is 0 Å². The molecule has 8 heteroatoms. The number of alkyl halides is 3. The molecule has 0 aliphatic carbocycles. The van der Waals surface area contributed by atoms with Gasteiger partial charge in [0.15, 0.2) is 0 Å². The lowest BCUT2D eigenvalue weighted by Gasteiger charge is -2.17. The minimum atomic E-state index is -4.42. The van der Waals surface area contributed by atoms with E-state index in [-0.39, 0.29) is 0 Å². The van der Waals surface area contributed by atoms with Crippen molar-refractivity contribution in [1.29, 1.82) is 0 Å². The number of primary amides is 1. The lowest BCUT2D eigenvalue weighted by atomic mass is 10.1. The van der Waals surface area contributed by atoms with E-state index >= 15 is 0 Å². The number of carbonyl (C=O) groups is 1. The number of benzene rings is 1. The van der Waals surface area contributed by atoms with Crippen molar-refractivity contribution < 1.29 is 18.0 Å². The maximum Gasteiger partial charge on any atom is 0.401 e. The molecule has 1 aromatic rings. The highest BCUT2D eigenvalue weighted by molar-refractivity contribution is 9.10. The lowest BCUT2D eigenvalue weighted by Crippen LogP contribution is -2.38. The molecule has 0 heterocycles. The van der Waals surface area contributed by atoms with E-state index in [1.807, 2.05) is 0 Å². The van der Waals surface area contributed by atoms with E-state index in [1.165, 1.54) is 18.2 Å². The van der Waals surface area contributed by atoms with Crippen molar-refractivity contribution in [1.82, 2.24) is 5.32 Å². The first-order valence-electron chi connectivity index (χ1n) is 4.75. The zero-order chi connectivity index (χ0) is 13.9. The van der Waals surface area contributed by atoms with Crippen LogP contribution in [0.3, 0.4) is 0 Å². The molecular formula is C10H9BrClF3N2O. The highest BCUT2D eigenvalue weighted by atomic mass is 79.9. The Morgan fingerprint density at radius 3 is 2.56 bits per heavy atom. The monoisotopic (exact) mass is 344 g/mol. The third-order valence-corrected chi connectivity index (χ3v) is 3.28. The van der Waals surface area contributed by atoms with E-state index in [4.69, 9.17) is 17.3 Å². The van der Waals surface area contributed by atoms with Crippen molar-refractivity contribution in [2.24, 2.45) is 5.73 Å². The molecule has 1 aromatic carbocycles. The van der Waals surface area contributed by atoms with Gasteiger partial charge in [0.1, 0.15) is 6.04 Å². The van der Waals surface area contributed by atoms with Crippen molar-refractivity contribution in [3.05, 3.63) is 33.3 Å². The largest absolute Gasteiger partial charge is 0.401 e. The Bertz CT molecular complexity index is 453. The molecule has 1 unspecified atom stereocenters. The maximum atomic E-state index is 12.1. The number of hydrogen-bond donors (Lipinski definition) is 2. The number of hydrogen-bond acceptors (Lipinski definition) is 2. The predicted octanol–water partition coefficient (Wildman–Crippen LogP) is 2.78. The van der Waals surface area contributed by atoms with Crippen LogP contribution < -0.4 is 11.1 Å². The van der Waals surface area contributed by atoms with Crippen LogP contribution in [-0.2, 0) is 4.79 Å². The molecule has 0 aliphatic heterocycles. The van der Waals surface area contributed by atoms with E-state index in [1.54, 1.807) is 0 Å². The Hall–Kier alpha value is -0.790. The molecule has 3 nitrogen and oxygen atoms in total. The quantitative estimate of drug-likeness (QED) is 0.882. The average Bonchev–Trinajstić information content (AvgIpc) is 2.21. The second-order valence-electron chi connectivity index (χ2n) is 3.51. The van der Waals surface area contributed by atoms with Gasteiger partial charge in [-0.3, -0.25) is 10.1 Å². The smallest absolute Gasteiger partial charge is 0.368 e. The Labute approximate surface area is 115 Å². The normalized spacial score (nSPS) is 13.4. The van der Waals surface area contributed by atoms with Crippen LogP contribution in [0.15, 0.2) is 22.7 Å². The molecule has 100 valence electrons. The van der Waals surface area contributed by atoms with Crippen LogP contribution in [0.2, 0.25) is 5.02 Å². The van der Waals surface area contributed by atoms with E-state index < -0.39 is 24.7 Å². The summed E-state index contributed by atoms with van der Waals surface area (Å²) in [6.07, 6.45) is -4.42. The van der Waals surface area contributed by atoms with Gasteiger partial charge in [0.05, 0.1) is 11.6 Å². The molecular weight excluding hydrogens is 336 g/mol. The molecule has 0 bridgehead atoms. The standard InChI is InChI=1S/C10H9BrClF3N2O/c11-6-3-5(1-2-7(6)12)8(9(16)18)17-4-10(13,14)15/h1-3,8,17H,4H2,(H2,16,18). The fraction of sp³-hybridized carbons (Fsp3) is 0.300. The fourth-order valence-electron chi connectivity index (χ4n) is 1.29. The molecule has 1 atom stereocenters. The summed E-state index contributed by atoms with van der Waals surface area (Å²) in [5.41, 5.74) is 5.38. The fourth-order valence-corrected chi connectivity index (χ4v) is 1.81. The van der Waals surface area contributed by atoms with Gasteiger partial charge in [-0.2, -0.15) is 13.2 Å². The Morgan fingerprint density at radius 1 is 1.50 bits per heavy atom. The van der Waals surface area contributed by atoms with Gasteiger partial charge in [-0.1, -0.05) is 17.7 Å². The number of carbonyl (C=O) groups excluding carboxylic acids is 1. The summed E-state index contributed by atoms with van der Waals surface area (Å²) in [6, 6.07) is 3.12. The van der Waals surface area contributed by atoms with Gasteiger partial charge >= 0.3 is 6.18 Å². The first-order chi connectivity index (χ1) is 8.20. The molecule has 0 spiro atoms. The SMILES string of the molecule is NC(=O)C(NCC(F)(F)F)c1ccc(Cl)c(Br)c1. The van der Waals surface area contributed by atoms with Crippen molar-refractivity contribution in [3.63, 3.8) is 0 Å². The molecule has 0 aliphatic rings. The highest BCUT2D eigenvalue weighted by Crippen LogP contribution is 2.26. The summed E-state index contributed by atoms with van der Waals surface area (Å²) in [7, 11) is 0. The number of nitrogens with two attached hydrogens (primary N) is 1. The Morgan fingerprint density at radius 2 is 2.11 bits per heavy atom. The molecule has 1 rings (SSSR count). The van der Waals surface area contributed by atoms with E-state index in [0.29, 0.717) is 15.1 Å². The highest BCUT2D eigenvalue weighted by Gasteiger charge is 2.30. The third kappa shape index (κ3) is 4.47. The van der Waals surface area contributed by atoms with E-state index in [2.05, 4.69) is 21.2 Å². The van der Waals surface area contributed by atoms with Crippen LogP contribution in [0, 0.1) is 0 Å². The van der Waals surface area contributed by atoms with Crippen LogP contribution in [0.5, 0.6) is 0 Å². The summed E-state index contributed by atoms with van der Waals surface area (Å²) in [6.45, 7) is -1.30. The zero-order valence-corrected chi connectivity index (χ0v) is 11.2. The summed E-state index contributed by atoms with van der Waals surface area (Å²) in [5.74, 6) is -0.895. The van der Waals surface area contributed by atoms with E-state index in [9.17, 15) is 18.0 Å². The molecule has 0 aromatic heterocycles. The van der Waals surface area contributed by atoms with Crippen LogP contribution >= 0.6 is 27.5 Å². The first-order valence-corrected chi connectivity index (χ1v) is 5.92. The van der Waals surface area contributed by atoms with Gasteiger partial charge in [0, 0.05) is 4.47 Å². The molecule has 1 amide bonds. The predicted molar refractivity (Wildman–Crippen MR) is 65.1 cm³/mol. The molecule has 18 heavy (non-hydrogen) atoms. The van der Waals surface area contributed by atoms with Gasteiger partial charge in [-0.25, -0.2) is 0 Å². The summed E-state index contributed by atoms with van der Waals surface area (Å²) < 4.78 is 36.8. The van der Waals surface area contributed by atoms with Crippen molar-refractivity contribution in [2.75, 3.05) is 6.54 Å². The van der Waals surface area contributed by atoms with Crippen molar-refractivity contribution >= 4 is 33.4 Å². The summed E-state index contributed by atoms with van der Waals surface area (Å²) in [4.78, 5) is 11.2. The van der Waals surface area contributed by atoms with Crippen LogP contribution in [0.4, 0.5) is 13.2 Å². The van der Waals surface area contributed by atoms with Gasteiger partial charge in [0.2, 0.25) is 5.91 Å². The number of amides is 1. The molecule has 0 radical (unpaired) electrons. The topological polar surface area (TPSA) is 55.1 Å². The second-order valence-corrected chi connectivity index (χ2v) is 4.77. The number of rotatable bonds is 4. The first kappa shape index (κ1) is 15.3. The lowest BCUT2D eigenvalue weighted by molar-refractivity contribution is -0.130. The molecule has 0 fully saturated rings.